The summed E-state index contributed by atoms with van der Waals surface area (Å²) in [4.78, 5) is 1.88. The van der Waals surface area contributed by atoms with Gasteiger partial charge in [0.05, 0.1) is 12.2 Å². The van der Waals surface area contributed by atoms with Crippen molar-refractivity contribution < 1.29 is 18.3 Å². The molecule has 1 aliphatic rings. The molecule has 1 saturated carbocycles. The minimum atomic E-state index is -4.40. The van der Waals surface area contributed by atoms with Crippen molar-refractivity contribution in [2.75, 3.05) is 11.4 Å². The molecule has 0 radical (unpaired) electrons. The van der Waals surface area contributed by atoms with Gasteiger partial charge in [-0.15, -0.1) is 0 Å². The van der Waals surface area contributed by atoms with Crippen LogP contribution in [0.3, 0.4) is 0 Å². The highest BCUT2D eigenvalue weighted by Crippen LogP contribution is 2.39. The van der Waals surface area contributed by atoms with Crippen molar-refractivity contribution in [1.82, 2.24) is 0 Å². The van der Waals surface area contributed by atoms with Gasteiger partial charge in [-0.2, -0.15) is 13.2 Å². The Bertz CT molecular complexity index is 467. The second-order valence-electron chi connectivity index (χ2n) is 5.59. The van der Waals surface area contributed by atoms with Gasteiger partial charge in [-0.05, 0) is 37.5 Å². The van der Waals surface area contributed by atoms with Crippen LogP contribution in [0.2, 0.25) is 0 Å². The number of aliphatic hydroxyl groups is 1. The first-order valence-electron chi connectivity index (χ1n) is 7.55. The number of anilines is 1. The fraction of sp³-hybridized carbons (Fsp3) is 0.625. The first kappa shape index (κ1) is 16.1. The molecule has 0 bridgehead atoms. The Kier molecular flexibility index (Phi) is 5.14. The fourth-order valence-corrected chi connectivity index (χ4v) is 3.18. The highest BCUT2D eigenvalue weighted by molar-refractivity contribution is 5.57. The molecule has 1 aromatic rings. The number of halogens is 3. The third-order valence-corrected chi connectivity index (χ3v) is 4.21. The van der Waals surface area contributed by atoms with Gasteiger partial charge in [0.25, 0.3) is 0 Å². The number of hydrogen-bond acceptors (Lipinski definition) is 2. The summed E-state index contributed by atoms with van der Waals surface area (Å²) in [6.07, 6.45) is 0.834. The van der Waals surface area contributed by atoms with E-state index >= 15 is 0 Å². The van der Waals surface area contributed by atoms with Crippen LogP contribution in [0, 0.1) is 0 Å². The molecule has 0 atom stereocenters. The molecule has 0 saturated heterocycles. The van der Waals surface area contributed by atoms with E-state index in [2.05, 4.69) is 0 Å². The second-order valence-corrected chi connectivity index (χ2v) is 5.59. The zero-order valence-electron chi connectivity index (χ0n) is 12.3. The zero-order chi connectivity index (χ0) is 15.5. The summed E-state index contributed by atoms with van der Waals surface area (Å²) < 4.78 is 40.0. The van der Waals surface area contributed by atoms with Crippen molar-refractivity contribution in [2.24, 2.45) is 0 Å². The molecule has 1 fully saturated rings. The topological polar surface area (TPSA) is 23.5 Å². The molecule has 2 nitrogen and oxygen atoms in total. The Hall–Kier alpha value is -1.23. The summed E-state index contributed by atoms with van der Waals surface area (Å²) >= 11 is 0. The van der Waals surface area contributed by atoms with Gasteiger partial charge in [-0.1, -0.05) is 25.3 Å². The van der Waals surface area contributed by atoms with E-state index in [9.17, 15) is 13.2 Å². The molecule has 1 N–H and O–H groups in total. The van der Waals surface area contributed by atoms with E-state index < -0.39 is 11.7 Å². The van der Waals surface area contributed by atoms with Crippen molar-refractivity contribution in [3.05, 3.63) is 29.3 Å². The van der Waals surface area contributed by atoms with Gasteiger partial charge in [0.2, 0.25) is 0 Å². The van der Waals surface area contributed by atoms with Crippen molar-refractivity contribution in [3.8, 4) is 0 Å². The van der Waals surface area contributed by atoms with Crippen molar-refractivity contribution in [2.45, 2.75) is 57.9 Å². The summed E-state index contributed by atoms with van der Waals surface area (Å²) in [6, 6.07) is 4.34. The minimum absolute atomic E-state index is 0.185. The Morgan fingerprint density at radius 2 is 1.86 bits per heavy atom. The lowest BCUT2D eigenvalue weighted by Gasteiger charge is -2.37. The number of benzene rings is 1. The van der Waals surface area contributed by atoms with Gasteiger partial charge in [-0.3, -0.25) is 0 Å². The van der Waals surface area contributed by atoms with Crippen LogP contribution in [0.15, 0.2) is 18.2 Å². The Labute approximate surface area is 123 Å². The van der Waals surface area contributed by atoms with Crippen LogP contribution in [-0.4, -0.2) is 17.7 Å². The van der Waals surface area contributed by atoms with Crippen LogP contribution in [-0.2, 0) is 12.8 Å². The Morgan fingerprint density at radius 3 is 2.38 bits per heavy atom. The largest absolute Gasteiger partial charge is 0.418 e. The van der Waals surface area contributed by atoms with Crippen LogP contribution in [0.5, 0.6) is 0 Å². The van der Waals surface area contributed by atoms with Crippen molar-refractivity contribution in [3.63, 3.8) is 0 Å². The van der Waals surface area contributed by atoms with Crippen LogP contribution in [0.4, 0.5) is 18.9 Å². The maximum atomic E-state index is 13.3. The number of alkyl halides is 3. The van der Waals surface area contributed by atoms with E-state index in [0.717, 1.165) is 31.7 Å². The Balaban J connectivity index is 2.39. The minimum Gasteiger partial charge on any atom is -0.392 e. The van der Waals surface area contributed by atoms with Crippen molar-refractivity contribution in [1.29, 1.82) is 0 Å². The second kappa shape index (κ2) is 6.69. The number of rotatable bonds is 4. The van der Waals surface area contributed by atoms with Crippen LogP contribution >= 0.6 is 0 Å². The lowest BCUT2D eigenvalue weighted by molar-refractivity contribution is -0.137. The predicted molar refractivity (Wildman–Crippen MR) is 77.3 cm³/mol. The normalized spacial score (nSPS) is 17.0. The maximum Gasteiger partial charge on any atom is 0.418 e. The summed E-state index contributed by atoms with van der Waals surface area (Å²) in [7, 11) is 0. The molecule has 21 heavy (non-hydrogen) atoms. The predicted octanol–water partition coefficient (Wildman–Crippen LogP) is 4.36. The van der Waals surface area contributed by atoms with Gasteiger partial charge in [-0.25, -0.2) is 0 Å². The SMILES string of the molecule is CCN(c1ccc(CO)cc1C(F)(F)F)C1CCCCC1. The van der Waals surface area contributed by atoms with E-state index in [-0.39, 0.29) is 18.3 Å². The van der Waals surface area contributed by atoms with Gasteiger partial charge < -0.3 is 10.0 Å². The molecule has 0 heterocycles. The highest BCUT2D eigenvalue weighted by atomic mass is 19.4. The first-order valence-corrected chi connectivity index (χ1v) is 7.55. The molecule has 0 aliphatic heterocycles. The molecule has 0 aromatic heterocycles. The third-order valence-electron chi connectivity index (χ3n) is 4.21. The average molecular weight is 301 g/mol. The van der Waals surface area contributed by atoms with E-state index in [4.69, 9.17) is 5.11 Å². The molecular formula is C16H22F3NO. The van der Waals surface area contributed by atoms with Crippen LogP contribution < -0.4 is 4.90 Å². The first-order chi connectivity index (χ1) is 9.97. The fourth-order valence-electron chi connectivity index (χ4n) is 3.18. The summed E-state index contributed by atoms with van der Waals surface area (Å²) in [5.41, 5.74) is -0.0960. The van der Waals surface area contributed by atoms with E-state index in [1.807, 2.05) is 11.8 Å². The molecule has 1 aliphatic carbocycles. The smallest absolute Gasteiger partial charge is 0.392 e. The van der Waals surface area contributed by atoms with Gasteiger partial charge in [0, 0.05) is 18.3 Å². The van der Waals surface area contributed by atoms with E-state index in [1.165, 1.54) is 12.5 Å². The van der Waals surface area contributed by atoms with E-state index in [1.54, 1.807) is 6.07 Å². The van der Waals surface area contributed by atoms with Crippen molar-refractivity contribution >= 4 is 5.69 Å². The van der Waals surface area contributed by atoms with E-state index in [0.29, 0.717) is 12.1 Å². The lowest BCUT2D eigenvalue weighted by atomic mass is 9.93. The molecule has 5 heteroatoms. The highest BCUT2D eigenvalue weighted by Gasteiger charge is 2.36. The molecule has 1 aromatic carbocycles. The summed E-state index contributed by atoms with van der Waals surface area (Å²) in [5.74, 6) is 0. The van der Waals surface area contributed by atoms with Crippen LogP contribution in [0.25, 0.3) is 0 Å². The number of aliphatic hydroxyl groups excluding tert-OH is 1. The molecule has 0 unspecified atom stereocenters. The summed E-state index contributed by atoms with van der Waals surface area (Å²) in [6.45, 7) is 2.08. The zero-order valence-corrected chi connectivity index (χ0v) is 12.3. The molecule has 0 amide bonds. The molecular weight excluding hydrogens is 279 g/mol. The maximum absolute atomic E-state index is 13.3. The molecule has 0 spiro atoms. The third kappa shape index (κ3) is 3.70. The van der Waals surface area contributed by atoms with Gasteiger partial charge >= 0.3 is 6.18 Å². The standard InChI is InChI=1S/C16H22F3NO/c1-2-20(13-6-4-3-5-7-13)15-9-8-12(11-21)10-14(15)16(17,18)19/h8-10,13,21H,2-7,11H2,1H3. The number of hydrogen-bond donors (Lipinski definition) is 1. The molecule has 2 rings (SSSR count). The monoisotopic (exact) mass is 301 g/mol. The summed E-state index contributed by atoms with van der Waals surface area (Å²) in [5, 5.41) is 9.08. The number of nitrogens with zero attached hydrogens (tertiary/aromatic N) is 1. The van der Waals surface area contributed by atoms with Crippen LogP contribution in [0.1, 0.15) is 50.2 Å². The van der Waals surface area contributed by atoms with Gasteiger partial charge in [0.1, 0.15) is 0 Å². The van der Waals surface area contributed by atoms with Gasteiger partial charge in [0.15, 0.2) is 0 Å². The lowest BCUT2D eigenvalue weighted by Crippen LogP contribution is -2.38. The average Bonchev–Trinajstić information content (AvgIpc) is 2.48. The quantitative estimate of drug-likeness (QED) is 0.893. The molecule has 118 valence electrons. The Morgan fingerprint density at radius 1 is 1.19 bits per heavy atom.